The van der Waals surface area contributed by atoms with Gasteiger partial charge in [-0.05, 0) is 29.8 Å². The Hall–Kier alpha value is -4.14. The normalized spacial score (nSPS) is 11.3. The average molecular weight is 527 g/mol. The van der Waals surface area contributed by atoms with Crippen molar-refractivity contribution in [2.24, 2.45) is 0 Å². The Labute approximate surface area is 209 Å². The van der Waals surface area contributed by atoms with Crippen molar-refractivity contribution in [2.75, 3.05) is 0 Å². The molecule has 4 rings (SSSR count). The van der Waals surface area contributed by atoms with E-state index in [2.05, 4.69) is 14.9 Å². The van der Waals surface area contributed by atoms with Crippen molar-refractivity contribution >= 4 is 33.2 Å². The average Bonchev–Trinajstić information content (AvgIpc) is 3.30. The van der Waals surface area contributed by atoms with Gasteiger partial charge in [0.1, 0.15) is 0 Å². The van der Waals surface area contributed by atoms with Crippen LogP contribution in [0, 0.1) is 20.2 Å². The van der Waals surface area contributed by atoms with Crippen molar-refractivity contribution < 1.29 is 18.3 Å². The fourth-order valence-electron chi connectivity index (χ4n) is 3.20. The SMILES string of the molecule is O=[N+]([O-])c1ccc(-n2c(CNS(=O)(=O)c3ccc([N+](=O)[O-])cc3)nnc2SCc2ccccc2)cc1. The van der Waals surface area contributed by atoms with E-state index in [0.29, 0.717) is 16.6 Å². The van der Waals surface area contributed by atoms with Gasteiger partial charge in [-0.1, -0.05) is 42.1 Å². The summed E-state index contributed by atoms with van der Waals surface area (Å²) in [5.74, 6) is 0.824. The third-order valence-electron chi connectivity index (χ3n) is 5.01. The van der Waals surface area contributed by atoms with E-state index in [-0.39, 0.29) is 28.6 Å². The highest BCUT2D eigenvalue weighted by Gasteiger charge is 2.20. The monoisotopic (exact) mass is 526 g/mol. The summed E-state index contributed by atoms with van der Waals surface area (Å²) in [5, 5.41) is 30.7. The smallest absolute Gasteiger partial charge is 0.269 e. The molecule has 1 heterocycles. The summed E-state index contributed by atoms with van der Waals surface area (Å²) in [4.78, 5) is 20.6. The van der Waals surface area contributed by atoms with Gasteiger partial charge in [0.15, 0.2) is 11.0 Å². The molecule has 0 saturated carbocycles. The zero-order valence-corrected chi connectivity index (χ0v) is 20.1. The molecule has 0 saturated heterocycles. The predicted molar refractivity (Wildman–Crippen MR) is 131 cm³/mol. The molecule has 0 radical (unpaired) electrons. The van der Waals surface area contributed by atoms with Gasteiger partial charge in [-0.2, -0.15) is 0 Å². The van der Waals surface area contributed by atoms with Crippen molar-refractivity contribution in [1.82, 2.24) is 19.5 Å². The molecule has 184 valence electrons. The van der Waals surface area contributed by atoms with Gasteiger partial charge in [0.05, 0.1) is 21.3 Å². The minimum Gasteiger partial charge on any atom is -0.273 e. The Morgan fingerprint density at radius 1 is 0.833 bits per heavy atom. The maximum absolute atomic E-state index is 12.8. The summed E-state index contributed by atoms with van der Waals surface area (Å²) in [6, 6.07) is 19.9. The molecule has 14 heteroatoms. The summed E-state index contributed by atoms with van der Waals surface area (Å²) in [6.07, 6.45) is 0. The summed E-state index contributed by atoms with van der Waals surface area (Å²) in [6.45, 7) is -0.241. The van der Waals surface area contributed by atoms with Crippen molar-refractivity contribution in [3.8, 4) is 5.69 Å². The fraction of sp³-hybridized carbons (Fsp3) is 0.0909. The number of aromatic nitrogens is 3. The molecule has 0 aliphatic rings. The third kappa shape index (κ3) is 5.73. The van der Waals surface area contributed by atoms with Crippen molar-refractivity contribution in [3.63, 3.8) is 0 Å². The van der Waals surface area contributed by atoms with Crippen LogP contribution < -0.4 is 4.72 Å². The number of nitro benzene ring substituents is 2. The quantitative estimate of drug-likeness (QED) is 0.184. The minimum atomic E-state index is -4.01. The van der Waals surface area contributed by atoms with Gasteiger partial charge in [-0.15, -0.1) is 10.2 Å². The first-order valence-electron chi connectivity index (χ1n) is 10.3. The molecule has 1 N–H and O–H groups in total. The molecule has 0 amide bonds. The van der Waals surface area contributed by atoms with Crippen LogP contribution in [0.2, 0.25) is 0 Å². The number of sulfonamides is 1. The summed E-state index contributed by atoms with van der Waals surface area (Å²) < 4.78 is 29.6. The Kier molecular flexibility index (Phi) is 7.38. The van der Waals surface area contributed by atoms with Gasteiger partial charge >= 0.3 is 0 Å². The zero-order valence-electron chi connectivity index (χ0n) is 18.4. The van der Waals surface area contributed by atoms with Crippen LogP contribution in [-0.4, -0.2) is 33.0 Å². The standard InChI is InChI=1S/C22H18N6O6S2/c29-27(30)18-8-6-17(7-9-18)26-21(24-25-22(26)35-15-16-4-2-1-3-5-16)14-23-36(33,34)20-12-10-19(11-13-20)28(31)32/h1-13,23H,14-15H2. The number of nitrogens with one attached hydrogen (secondary N) is 1. The molecule has 1 aromatic heterocycles. The summed E-state index contributed by atoms with van der Waals surface area (Å²) in [5.41, 5.74) is 1.24. The molecular weight excluding hydrogens is 508 g/mol. The second-order valence-electron chi connectivity index (χ2n) is 7.36. The molecule has 0 atom stereocenters. The van der Waals surface area contributed by atoms with Crippen LogP contribution in [-0.2, 0) is 22.3 Å². The molecule has 0 aliphatic heterocycles. The lowest BCUT2D eigenvalue weighted by Crippen LogP contribution is -2.25. The lowest BCUT2D eigenvalue weighted by molar-refractivity contribution is -0.385. The molecule has 3 aromatic carbocycles. The van der Waals surface area contributed by atoms with E-state index in [0.717, 1.165) is 29.8 Å². The van der Waals surface area contributed by atoms with Crippen molar-refractivity contribution in [2.45, 2.75) is 22.3 Å². The Bertz CT molecular complexity index is 1490. The second kappa shape index (κ2) is 10.6. The van der Waals surface area contributed by atoms with Crippen LogP contribution in [0.25, 0.3) is 5.69 Å². The molecule has 0 bridgehead atoms. The number of nitrogens with zero attached hydrogens (tertiary/aromatic N) is 5. The molecule has 0 fully saturated rings. The number of rotatable bonds is 10. The van der Waals surface area contributed by atoms with Gasteiger partial charge in [0, 0.05) is 35.7 Å². The van der Waals surface area contributed by atoms with E-state index >= 15 is 0 Å². The highest BCUT2D eigenvalue weighted by molar-refractivity contribution is 7.98. The van der Waals surface area contributed by atoms with Crippen LogP contribution in [0.4, 0.5) is 11.4 Å². The Morgan fingerprint density at radius 2 is 1.42 bits per heavy atom. The number of hydrogen-bond acceptors (Lipinski definition) is 9. The topological polar surface area (TPSA) is 163 Å². The van der Waals surface area contributed by atoms with Crippen LogP contribution in [0.5, 0.6) is 0 Å². The van der Waals surface area contributed by atoms with Crippen LogP contribution in [0.1, 0.15) is 11.4 Å². The van der Waals surface area contributed by atoms with Gasteiger partial charge in [-0.3, -0.25) is 24.8 Å². The molecule has 0 unspecified atom stereocenters. The fourth-order valence-corrected chi connectivity index (χ4v) is 5.11. The zero-order chi connectivity index (χ0) is 25.7. The highest BCUT2D eigenvalue weighted by Crippen LogP contribution is 2.27. The van der Waals surface area contributed by atoms with Crippen LogP contribution in [0.15, 0.2) is 88.9 Å². The number of benzene rings is 3. The first-order valence-corrected chi connectivity index (χ1v) is 12.8. The molecule has 36 heavy (non-hydrogen) atoms. The van der Waals surface area contributed by atoms with Crippen molar-refractivity contribution in [1.29, 1.82) is 0 Å². The maximum Gasteiger partial charge on any atom is 0.269 e. The molecule has 0 aliphatic carbocycles. The lowest BCUT2D eigenvalue weighted by Gasteiger charge is -2.11. The number of non-ortho nitro benzene ring substituents is 2. The van der Waals surface area contributed by atoms with Gasteiger partial charge in [0.25, 0.3) is 11.4 Å². The number of nitro groups is 2. The Balaban J connectivity index is 1.61. The number of thioether (sulfide) groups is 1. The van der Waals surface area contributed by atoms with Gasteiger partial charge in [-0.25, -0.2) is 13.1 Å². The van der Waals surface area contributed by atoms with E-state index < -0.39 is 19.9 Å². The summed E-state index contributed by atoms with van der Waals surface area (Å²) >= 11 is 1.37. The Morgan fingerprint density at radius 3 is 2.00 bits per heavy atom. The first kappa shape index (κ1) is 25.0. The minimum absolute atomic E-state index is 0.0919. The van der Waals surface area contributed by atoms with E-state index in [1.165, 1.54) is 36.0 Å². The van der Waals surface area contributed by atoms with Crippen LogP contribution in [0.3, 0.4) is 0 Å². The molecule has 4 aromatic rings. The van der Waals surface area contributed by atoms with E-state index in [1.54, 1.807) is 4.57 Å². The van der Waals surface area contributed by atoms with Crippen molar-refractivity contribution in [3.05, 3.63) is 110 Å². The van der Waals surface area contributed by atoms with E-state index in [9.17, 15) is 28.6 Å². The van der Waals surface area contributed by atoms with Crippen LogP contribution >= 0.6 is 11.8 Å². The van der Waals surface area contributed by atoms with Gasteiger partial charge < -0.3 is 0 Å². The molecule has 0 spiro atoms. The molecule has 12 nitrogen and oxygen atoms in total. The summed E-state index contributed by atoms with van der Waals surface area (Å²) in [7, 11) is -4.01. The second-order valence-corrected chi connectivity index (χ2v) is 10.1. The van der Waals surface area contributed by atoms with E-state index in [1.807, 2.05) is 30.3 Å². The maximum atomic E-state index is 12.8. The first-order chi connectivity index (χ1) is 17.2. The predicted octanol–water partition coefficient (Wildman–Crippen LogP) is 3.85. The van der Waals surface area contributed by atoms with E-state index in [4.69, 9.17) is 0 Å². The largest absolute Gasteiger partial charge is 0.273 e. The highest BCUT2D eigenvalue weighted by atomic mass is 32.2. The lowest BCUT2D eigenvalue weighted by atomic mass is 10.2. The van der Waals surface area contributed by atoms with Gasteiger partial charge in [0.2, 0.25) is 10.0 Å². The molecular formula is C22H18N6O6S2. The third-order valence-corrected chi connectivity index (χ3v) is 7.43. The number of hydrogen-bond donors (Lipinski definition) is 1.